The molecule has 0 aliphatic heterocycles. The first kappa shape index (κ1) is 14.1. The van der Waals surface area contributed by atoms with Gasteiger partial charge in [0.25, 0.3) is 0 Å². The van der Waals surface area contributed by atoms with Crippen LogP contribution >= 0.6 is 0 Å². The summed E-state index contributed by atoms with van der Waals surface area (Å²) in [5.41, 5.74) is 6.86. The highest BCUT2D eigenvalue weighted by atomic mass is 16.5. The SMILES string of the molecule is NCc1cc(Cn2cc(COc3cccc(O)c3)nn2)no1. The molecular formula is C14H15N5O3. The first-order valence-corrected chi connectivity index (χ1v) is 6.68. The van der Waals surface area contributed by atoms with Crippen LogP contribution < -0.4 is 10.5 Å². The van der Waals surface area contributed by atoms with Crippen LogP contribution in [0, 0.1) is 0 Å². The summed E-state index contributed by atoms with van der Waals surface area (Å²) in [6.07, 6.45) is 1.76. The third kappa shape index (κ3) is 3.41. The number of aromatic nitrogens is 4. The van der Waals surface area contributed by atoms with Crippen LogP contribution in [0.2, 0.25) is 0 Å². The molecule has 2 heterocycles. The van der Waals surface area contributed by atoms with Gasteiger partial charge in [0.15, 0.2) is 5.76 Å². The van der Waals surface area contributed by atoms with Gasteiger partial charge in [-0.05, 0) is 12.1 Å². The second kappa shape index (κ2) is 6.27. The normalized spacial score (nSPS) is 10.8. The Morgan fingerprint density at radius 3 is 2.95 bits per heavy atom. The Kier molecular flexibility index (Phi) is 4.01. The van der Waals surface area contributed by atoms with E-state index in [1.807, 2.05) is 0 Å². The van der Waals surface area contributed by atoms with E-state index in [1.165, 1.54) is 6.07 Å². The molecule has 0 unspecified atom stereocenters. The van der Waals surface area contributed by atoms with Crippen LogP contribution in [0.25, 0.3) is 0 Å². The molecule has 0 bridgehead atoms. The van der Waals surface area contributed by atoms with Gasteiger partial charge in [0.05, 0.1) is 19.3 Å². The second-order valence-corrected chi connectivity index (χ2v) is 4.68. The zero-order valence-corrected chi connectivity index (χ0v) is 11.7. The number of benzene rings is 1. The fraction of sp³-hybridized carbons (Fsp3) is 0.214. The van der Waals surface area contributed by atoms with Crippen molar-refractivity contribution in [2.45, 2.75) is 19.7 Å². The Morgan fingerprint density at radius 2 is 2.18 bits per heavy atom. The quantitative estimate of drug-likeness (QED) is 0.700. The first-order valence-electron chi connectivity index (χ1n) is 6.68. The molecule has 22 heavy (non-hydrogen) atoms. The van der Waals surface area contributed by atoms with E-state index in [9.17, 15) is 5.11 Å². The van der Waals surface area contributed by atoms with Crippen LogP contribution in [0.5, 0.6) is 11.5 Å². The van der Waals surface area contributed by atoms with Gasteiger partial charge in [-0.3, -0.25) is 0 Å². The molecule has 0 atom stereocenters. The van der Waals surface area contributed by atoms with Crippen LogP contribution in [0.4, 0.5) is 0 Å². The van der Waals surface area contributed by atoms with Gasteiger partial charge in [-0.1, -0.05) is 16.4 Å². The van der Waals surface area contributed by atoms with Crippen molar-refractivity contribution in [3.05, 3.63) is 53.7 Å². The van der Waals surface area contributed by atoms with E-state index in [0.717, 1.165) is 5.69 Å². The molecule has 0 radical (unpaired) electrons. The van der Waals surface area contributed by atoms with Crippen LogP contribution in [-0.2, 0) is 19.7 Å². The highest BCUT2D eigenvalue weighted by Gasteiger charge is 2.07. The summed E-state index contributed by atoms with van der Waals surface area (Å²) in [6.45, 7) is 1.02. The summed E-state index contributed by atoms with van der Waals surface area (Å²) in [4.78, 5) is 0. The van der Waals surface area contributed by atoms with Crippen LogP contribution in [-0.4, -0.2) is 25.3 Å². The highest BCUT2D eigenvalue weighted by Crippen LogP contribution is 2.18. The number of rotatable bonds is 6. The number of phenols is 1. The van der Waals surface area contributed by atoms with Gasteiger partial charge in [0.2, 0.25) is 0 Å². The number of phenolic OH excluding ortho intramolecular Hbond substituents is 1. The highest BCUT2D eigenvalue weighted by molar-refractivity contribution is 5.31. The van der Waals surface area contributed by atoms with Crippen molar-refractivity contribution in [2.24, 2.45) is 5.73 Å². The first-order chi connectivity index (χ1) is 10.7. The maximum absolute atomic E-state index is 9.36. The van der Waals surface area contributed by atoms with E-state index in [2.05, 4.69) is 15.5 Å². The third-order valence-corrected chi connectivity index (χ3v) is 2.92. The Hall–Kier alpha value is -2.87. The largest absolute Gasteiger partial charge is 0.508 e. The molecule has 114 valence electrons. The topological polar surface area (TPSA) is 112 Å². The third-order valence-electron chi connectivity index (χ3n) is 2.92. The van der Waals surface area contributed by atoms with Crippen molar-refractivity contribution >= 4 is 0 Å². The molecule has 3 aromatic rings. The molecule has 8 nitrogen and oxygen atoms in total. The number of hydrogen-bond donors (Lipinski definition) is 2. The molecule has 0 saturated heterocycles. The summed E-state index contributed by atoms with van der Waals surface area (Å²) < 4.78 is 12.2. The summed E-state index contributed by atoms with van der Waals surface area (Å²) in [5.74, 6) is 1.35. The molecule has 1 aromatic carbocycles. The lowest BCUT2D eigenvalue weighted by molar-refractivity contribution is 0.299. The summed E-state index contributed by atoms with van der Waals surface area (Å²) in [7, 11) is 0. The number of aromatic hydroxyl groups is 1. The van der Waals surface area contributed by atoms with Crippen molar-refractivity contribution in [1.29, 1.82) is 0 Å². The molecule has 8 heteroatoms. The number of nitrogens with two attached hydrogens (primary N) is 1. The minimum absolute atomic E-state index is 0.155. The van der Waals surface area contributed by atoms with E-state index in [-0.39, 0.29) is 12.4 Å². The minimum atomic E-state index is 0.155. The van der Waals surface area contributed by atoms with Crippen molar-refractivity contribution < 1.29 is 14.4 Å². The second-order valence-electron chi connectivity index (χ2n) is 4.68. The molecule has 0 spiro atoms. The molecule has 0 fully saturated rings. The summed E-state index contributed by atoms with van der Waals surface area (Å²) in [5, 5.41) is 21.3. The van der Waals surface area contributed by atoms with Crippen LogP contribution in [0.3, 0.4) is 0 Å². The number of nitrogens with zero attached hydrogens (tertiary/aromatic N) is 4. The maximum Gasteiger partial charge on any atom is 0.150 e. The fourth-order valence-electron chi connectivity index (χ4n) is 1.90. The van der Waals surface area contributed by atoms with Crippen molar-refractivity contribution in [2.75, 3.05) is 0 Å². The van der Waals surface area contributed by atoms with Gasteiger partial charge in [0, 0.05) is 12.1 Å². The molecule has 0 aliphatic rings. The predicted octanol–water partition coefficient (Wildman–Crippen LogP) is 1.06. The van der Waals surface area contributed by atoms with Crippen molar-refractivity contribution in [1.82, 2.24) is 20.2 Å². The molecule has 0 aliphatic carbocycles. The average Bonchev–Trinajstić information content (AvgIpc) is 3.15. The molecule has 3 rings (SSSR count). The Bertz CT molecular complexity index is 752. The minimum Gasteiger partial charge on any atom is -0.508 e. The summed E-state index contributed by atoms with van der Waals surface area (Å²) in [6, 6.07) is 8.37. The standard InChI is InChI=1S/C14H15N5O3/c15-6-14-4-10(17-22-14)7-19-8-11(16-18-19)9-21-13-3-1-2-12(20)5-13/h1-5,8,20H,6-7,9,15H2. The van der Waals surface area contributed by atoms with Crippen molar-refractivity contribution in [3.63, 3.8) is 0 Å². The van der Waals surface area contributed by atoms with Crippen LogP contribution in [0.1, 0.15) is 17.1 Å². The lowest BCUT2D eigenvalue weighted by Gasteiger charge is -2.03. The zero-order valence-electron chi connectivity index (χ0n) is 11.7. The predicted molar refractivity (Wildman–Crippen MR) is 76.0 cm³/mol. The zero-order chi connectivity index (χ0) is 15.4. The van der Waals surface area contributed by atoms with E-state index in [4.69, 9.17) is 15.0 Å². The average molecular weight is 301 g/mol. The fourth-order valence-corrected chi connectivity index (χ4v) is 1.90. The number of ether oxygens (including phenoxy) is 1. The smallest absolute Gasteiger partial charge is 0.150 e. The molecular weight excluding hydrogens is 286 g/mol. The van der Waals surface area contributed by atoms with Gasteiger partial charge in [0.1, 0.15) is 29.5 Å². The molecule has 3 N–H and O–H groups in total. The van der Waals surface area contributed by atoms with Gasteiger partial charge in [-0.2, -0.15) is 0 Å². The molecule has 0 amide bonds. The lowest BCUT2D eigenvalue weighted by atomic mass is 10.3. The van der Waals surface area contributed by atoms with Gasteiger partial charge in [-0.25, -0.2) is 4.68 Å². The Morgan fingerprint density at radius 1 is 1.27 bits per heavy atom. The van der Waals surface area contributed by atoms with E-state index in [1.54, 1.807) is 35.1 Å². The molecule has 0 saturated carbocycles. The number of hydrogen-bond acceptors (Lipinski definition) is 7. The Balaban J connectivity index is 1.59. The van der Waals surface area contributed by atoms with Crippen LogP contribution in [0.15, 0.2) is 41.1 Å². The monoisotopic (exact) mass is 301 g/mol. The van der Waals surface area contributed by atoms with Crippen molar-refractivity contribution in [3.8, 4) is 11.5 Å². The summed E-state index contributed by atoms with van der Waals surface area (Å²) >= 11 is 0. The molecule has 2 aromatic heterocycles. The maximum atomic E-state index is 9.36. The Labute approximate surface area is 126 Å². The van der Waals surface area contributed by atoms with E-state index in [0.29, 0.717) is 30.3 Å². The van der Waals surface area contributed by atoms with Gasteiger partial charge in [-0.15, -0.1) is 5.10 Å². The van der Waals surface area contributed by atoms with Gasteiger partial charge >= 0.3 is 0 Å². The van der Waals surface area contributed by atoms with E-state index >= 15 is 0 Å². The van der Waals surface area contributed by atoms with Gasteiger partial charge < -0.3 is 20.1 Å². The lowest BCUT2D eigenvalue weighted by Crippen LogP contribution is -2.00. The van der Waals surface area contributed by atoms with E-state index < -0.39 is 0 Å².